The molecule has 5 heteroatoms. The molecule has 0 bridgehead atoms. The minimum atomic E-state index is -4.73. The summed E-state index contributed by atoms with van der Waals surface area (Å²) >= 11 is 0. The Hall–Kier alpha value is -2.01. The molecule has 0 saturated carbocycles. The zero-order valence-electron chi connectivity index (χ0n) is 12.3. The van der Waals surface area contributed by atoms with Crippen LogP contribution in [0.3, 0.4) is 0 Å². The highest BCUT2D eigenvalue weighted by molar-refractivity contribution is 5.38. The average Bonchev–Trinajstić information content (AvgIpc) is 2.45. The van der Waals surface area contributed by atoms with Crippen LogP contribution in [-0.2, 0) is 12.2 Å². The molecule has 2 aromatic carbocycles. The summed E-state index contributed by atoms with van der Waals surface area (Å²) in [5.41, 5.74) is -1.76. The zero-order valence-corrected chi connectivity index (χ0v) is 12.3. The molecule has 0 heterocycles. The van der Waals surface area contributed by atoms with E-state index in [1.807, 2.05) is 30.3 Å². The van der Waals surface area contributed by atoms with Crippen molar-refractivity contribution in [3.8, 4) is 5.75 Å². The molecule has 22 heavy (non-hydrogen) atoms. The van der Waals surface area contributed by atoms with E-state index in [0.29, 0.717) is 17.9 Å². The maximum Gasteiger partial charge on any atom is 0.421 e. The van der Waals surface area contributed by atoms with E-state index in [9.17, 15) is 18.3 Å². The van der Waals surface area contributed by atoms with Gasteiger partial charge in [-0.05, 0) is 42.7 Å². The fourth-order valence-electron chi connectivity index (χ4n) is 2.17. The van der Waals surface area contributed by atoms with Crippen molar-refractivity contribution < 1.29 is 23.0 Å². The van der Waals surface area contributed by atoms with Crippen LogP contribution in [-0.4, -0.2) is 11.3 Å². The van der Waals surface area contributed by atoms with Crippen molar-refractivity contribution in [2.75, 3.05) is 0 Å². The highest BCUT2D eigenvalue weighted by Gasteiger charge is 2.51. The lowest BCUT2D eigenvalue weighted by molar-refractivity contribution is -0.259. The zero-order chi connectivity index (χ0) is 16.4. The molecule has 0 aromatic heterocycles. The topological polar surface area (TPSA) is 29.5 Å². The summed E-state index contributed by atoms with van der Waals surface area (Å²) in [6.07, 6.45) is -4.73. The van der Waals surface area contributed by atoms with E-state index in [4.69, 9.17) is 4.74 Å². The van der Waals surface area contributed by atoms with Gasteiger partial charge in [0.2, 0.25) is 0 Å². The first-order valence-corrected chi connectivity index (χ1v) is 6.79. The van der Waals surface area contributed by atoms with Gasteiger partial charge in [0.15, 0.2) is 5.60 Å². The van der Waals surface area contributed by atoms with Gasteiger partial charge in [0.05, 0.1) is 0 Å². The van der Waals surface area contributed by atoms with Crippen molar-refractivity contribution in [2.24, 2.45) is 0 Å². The summed E-state index contributed by atoms with van der Waals surface area (Å²) in [5, 5.41) is 9.74. The number of halogens is 3. The number of benzene rings is 2. The van der Waals surface area contributed by atoms with Crippen LogP contribution in [0.5, 0.6) is 5.75 Å². The lowest BCUT2D eigenvalue weighted by Gasteiger charge is -2.28. The van der Waals surface area contributed by atoms with Crippen LogP contribution >= 0.6 is 0 Å². The van der Waals surface area contributed by atoms with E-state index >= 15 is 0 Å². The summed E-state index contributed by atoms with van der Waals surface area (Å²) in [6.45, 7) is 2.60. The molecule has 0 radical (unpaired) electrons. The van der Waals surface area contributed by atoms with E-state index in [0.717, 1.165) is 12.5 Å². The van der Waals surface area contributed by atoms with Crippen LogP contribution in [0, 0.1) is 6.92 Å². The van der Waals surface area contributed by atoms with Crippen LogP contribution < -0.4 is 4.74 Å². The third-order valence-corrected chi connectivity index (χ3v) is 3.52. The number of aryl methyl sites for hydroxylation is 1. The largest absolute Gasteiger partial charge is 0.489 e. The molecule has 2 rings (SSSR count). The van der Waals surface area contributed by atoms with Gasteiger partial charge in [0.1, 0.15) is 12.4 Å². The van der Waals surface area contributed by atoms with Gasteiger partial charge in [-0.25, -0.2) is 0 Å². The van der Waals surface area contributed by atoms with Gasteiger partial charge in [-0.3, -0.25) is 0 Å². The Kier molecular flexibility index (Phi) is 4.47. The molecule has 1 atom stereocenters. The molecule has 1 unspecified atom stereocenters. The molecule has 2 aromatic rings. The normalized spacial score (nSPS) is 14.5. The smallest absolute Gasteiger partial charge is 0.421 e. The number of hydrogen-bond acceptors (Lipinski definition) is 2. The maximum atomic E-state index is 12.9. The molecular formula is C17H17F3O2. The Labute approximate surface area is 127 Å². The van der Waals surface area contributed by atoms with Crippen molar-refractivity contribution in [3.05, 3.63) is 65.2 Å². The van der Waals surface area contributed by atoms with E-state index in [1.165, 1.54) is 25.1 Å². The van der Waals surface area contributed by atoms with Crippen LogP contribution in [0.15, 0.2) is 48.5 Å². The standard InChI is InChI=1S/C17H17F3O2/c1-12-10-14(22-11-13-6-4-3-5-7-13)8-9-15(12)16(2,21)17(18,19)20/h3-10,21H,11H2,1-2H3. The molecule has 0 aliphatic rings. The SMILES string of the molecule is Cc1cc(OCc2ccccc2)ccc1C(C)(O)C(F)(F)F. The predicted molar refractivity (Wildman–Crippen MR) is 77.6 cm³/mol. The lowest BCUT2D eigenvalue weighted by Crippen LogP contribution is -2.39. The highest BCUT2D eigenvalue weighted by Crippen LogP contribution is 2.40. The number of alkyl halides is 3. The summed E-state index contributed by atoms with van der Waals surface area (Å²) in [6, 6.07) is 13.6. The monoisotopic (exact) mass is 310 g/mol. The highest BCUT2D eigenvalue weighted by atomic mass is 19.4. The second-order valence-electron chi connectivity index (χ2n) is 5.32. The van der Waals surface area contributed by atoms with Gasteiger partial charge >= 0.3 is 6.18 Å². The molecule has 0 fully saturated rings. The van der Waals surface area contributed by atoms with Crippen molar-refractivity contribution in [1.29, 1.82) is 0 Å². The third kappa shape index (κ3) is 3.42. The Morgan fingerprint density at radius 2 is 1.68 bits per heavy atom. The van der Waals surface area contributed by atoms with Crippen LogP contribution in [0.4, 0.5) is 13.2 Å². The van der Waals surface area contributed by atoms with E-state index < -0.39 is 11.8 Å². The molecule has 0 aliphatic heterocycles. The van der Waals surface area contributed by atoms with Gasteiger partial charge in [-0.2, -0.15) is 13.2 Å². The summed E-state index contributed by atoms with van der Waals surface area (Å²) < 4.78 is 44.2. The number of hydrogen-bond donors (Lipinski definition) is 1. The first-order chi connectivity index (χ1) is 10.2. The average molecular weight is 310 g/mol. The van der Waals surface area contributed by atoms with Crippen LogP contribution in [0.1, 0.15) is 23.6 Å². The molecule has 0 saturated heterocycles. The van der Waals surface area contributed by atoms with Crippen molar-refractivity contribution in [1.82, 2.24) is 0 Å². The molecule has 0 amide bonds. The first-order valence-electron chi connectivity index (χ1n) is 6.79. The summed E-state index contributed by atoms with van der Waals surface area (Å²) in [7, 11) is 0. The van der Waals surface area contributed by atoms with Crippen molar-refractivity contribution >= 4 is 0 Å². The van der Waals surface area contributed by atoms with Gasteiger partial charge in [-0.1, -0.05) is 36.4 Å². The molecular weight excluding hydrogens is 293 g/mol. The summed E-state index contributed by atoms with van der Waals surface area (Å²) in [5.74, 6) is 0.461. The van der Waals surface area contributed by atoms with Crippen LogP contribution in [0.2, 0.25) is 0 Å². The van der Waals surface area contributed by atoms with Crippen LogP contribution in [0.25, 0.3) is 0 Å². The van der Waals surface area contributed by atoms with E-state index in [1.54, 1.807) is 0 Å². The van der Waals surface area contributed by atoms with Gasteiger partial charge in [0, 0.05) is 0 Å². The Balaban J connectivity index is 2.16. The predicted octanol–water partition coefficient (Wildman–Crippen LogP) is 4.34. The molecule has 118 valence electrons. The number of aliphatic hydroxyl groups is 1. The molecule has 1 N–H and O–H groups in total. The third-order valence-electron chi connectivity index (χ3n) is 3.52. The van der Waals surface area contributed by atoms with E-state index in [2.05, 4.69) is 0 Å². The second-order valence-corrected chi connectivity index (χ2v) is 5.32. The van der Waals surface area contributed by atoms with Crippen molar-refractivity contribution in [2.45, 2.75) is 32.2 Å². The van der Waals surface area contributed by atoms with E-state index in [-0.39, 0.29) is 5.56 Å². The summed E-state index contributed by atoms with van der Waals surface area (Å²) in [4.78, 5) is 0. The van der Waals surface area contributed by atoms with Gasteiger partial charge < -0.3 is 9.84 Å². The molecule has 2 nitrogen and oxygen atoms in total. The number of rotatable bonds is 4. The Bertz CT molecular complexity index is 634. The fraction of sp³-hybridized carbons (Fsp3) is 0.294. The number of ether oxygens (including phenoxy) is 1. The minimum absolute atomic E-state index is 0.174. The lowest BCUT2D eigenvalue weighted by atomic mass is 9.91. The fourth-order valence-corrected chi connectivity index (χ4v) is 2.17. The molecule has 0 aliphatic carbocycles. The Morgan fingerprint density at radius 1 is 1.05 bits per heavy atom. The molecule has 0 spiro atoms. The van der Waals surface area contributed by atoms with Crippen molar-refractivity contribution in [3.63, 3.8) is 0 Å². The first kappa shape index (κ1) is 16.4. The maximum absolute atomic E-state index is 12.9. The van der Waals surface area contributed by atoms with Gasteiger partial charge in [0.25, 0.3) is 0 Å². The Morgan fingerprint density at radius 3 is 2.23 bits per heavy atom. The quantitative estimate of drug-likeness (QED) is 0.910. The van der Waals surface area contributed by atoms with Gasteiger partial charge in [-0.15, -0.1) is 0 Å². The minimum Gasteiger partial charge on any atom is -0.489 e. The second kappa shape index (κ2) is 6.01.